The third-order valence-electron chi connectivity index (χ3n) is 3.41. The zero-order chi connectivity index (χ0) is 14.6. The Kier molecular flexibility index (Phi) is 4.95. The lowest BCUT2D eigenvalue weighted by Crippen LogP contribution is -2.37. The third kappa shape index (κ3) is 3.11. The van der Waals surface area contributed by atoms with Gasteiger partial charge in [0, 0.05) is 32.9 Å². The summed E-state index contributed by atoms with van der Waals surface area (Å²) in [4.78, 5) is 4.27. The molecule has 1 saturated heterocycles. The second-order valence-electron chi connectivity index (χ2n) is 4.69. The van der Waals surface area contributed by atoms with Gasteiger partial charge in [-0.2, -0.15) is 4.31 Å². The Morgan fingerprint density at radius 2 is 2.35 bits per heavy atom. The number of anilines is 1. The van der Waals surface area contributed by atoms with E-state index in [0.29, 0.717) is 18.9 Å². The molecule has 1 atom stereocenters. The molecule has 0 saturated carbocycles. The summed E-state index contributed by atoms with van der Waals surface area (Å²) in [6.07, 6.45) is 3.48. The van der Waals surface area contributed by atoms with Gasteiger partial charge in [-0.05, 0) is 25.0 Å². The molecule has 1 aromatic heterocycles. The van der Waals surface area contributed by atoms with E-state index in [2.05, 4.69) is 10.3 Å². The van der Waals surface area contributed by atoms with E-state index in [1.807, 2.05) is 6.92 Å². The van der Waals surface area contributed by atoms with Crippen LogP contribution in [0.25, 0.3) is 0 Å². The van der Waals surface area contributed by atoms with E-state index in [4.69, 9.17) is 4.74 Å². The van der Waals surface area contributed by atoms with E-state index >= 15 is 0 Å². The first-order valence-corrected chi connectivity index (χ1v) is 8.28. The first-order valence-electron chi connectivity index (χ1n) is 6.84. The average molecular weight is 299 g/mol. The van der Waals surface area contributed by atoms with Crippen LogP contribution in [0.4, 0.5) is 5.82 Å². The zero-order valence-electron chi connectivity index (χ0n) is 11.9. The molecule has 2 rings (SSSR count). The summed E-state index contributed by atoms with van der Waals surface area (Å²) >= 11 is 0. The van der Waals surface area contributed by atoms with Crippen molar-refractivity contribution < 1.29 is 13.2 Å². The molecule has 0 aromatic carbocycles. The second kappa shape index (κ2) is 6.51. The summed E-state index contributed by atoms with van der Waals surface area (Å²) in [6.45, 7) is 3.37. The summed E-state index contributed by atoms with van der Waals surface area (Å²) in [6, 6.07) is 3.21. The normalized spacial score (nSPS) is 19.4. The van der Waals surface area contributed by atoms with Gasteiger partial charge in [-0.25, -0.2) is 13.4 Å². The van der Waals surface area contributed by atoms with Gasteiger partial charge in [0.2, 0.25) is 10.0 Å². The molecule has 1 N–H and O–H groups in total. The fourth-order valence-electron chi connectivity index (χ4n) is 2.34. The van der Waals surface area contributed by atoms with Crippen LogP contribution in [0.5, 0.6) is 0 Å². The second-order valence-corrected chi connectivity index (χ2v) is 6.60. The van der Waals surface area contributed by atoms with E-state index in [1.54, 1.807) is 25.4 Å². The summed E-state index contributed by atoms with van der Waals surface area (Å²) < 4.78 is 32.4. The van der Waals surface area contributed by atoms with Crippen LogP contribution in [0.2, 0.25) is 0 Å². The lowest BCUT2D eigenvalue weighted by molar-refractivity contribution is 0.0947. The zero-order valence-corrected chi connectivity index (χ0v) is 12.7. The summed E-state index contributed by atoms with van der Waals surface area (Å²) in [5.41, 5.74) is 0. The number of nitrogens with one attached hydrogen (secondary N) is 1. The number of rotatable bonds is 6. The lowest BCUT2D eigenvalue weighted by atomic mass is 10.2. The quantitative estimate of drug-likeness (QED) is 0.857. The minimum Gasteiger partial charge on any atom is -0.377 e. The smallest absolute Gasteiger partial charge is 0.246 e. The van der Waals surface area contributed by atoms with E-state index in [9.17, 15) is 8.42 Å². The van der Waals surface area contributed by atoms with Crippen molar-refractivity contribution in [2.24, 2.45) is 0 Å². The van der Waals surface area contributed by atoms with Gasteiger partial charge in [0.15, 0.2) is 0 Å². The van der Waals surface area contributed by atoms with Crippen LogP contribution in [0.3, 0.4) is 0 Å². The first kappa shape index (κ1) is 15.2. The van der Waals surface area contributed by atoms with Crippen molar-refractivity contribution in [2.75, 3.05) is 32.1 Å². The number of aromatic nitrogens is 1. The highest BCUT2D eigenvalue weighted by molar-refractivity contribution is 7.89. The summed E-state index contributed by atoms with van der Waals surface area (Å²) in [7, 11) is -1.89. The van der Waals surface area contributed by atoms with E-state index < -0.39 is 10.0 Å². The molecule has 7 heteroatoms. The van der Waals surface area contributed by atoms with Crippen molar-refractivity contribution in [3.05, 3.63) is 18.3 Å². The van der Waals surface area contributed by atoms with Crippen molar-refractivity contribution in [3.8, 4) is 0 Å². The number of hydrogen-bond donors (Lipinski definition) is 1. The molecule has 6 nitrogen and oxygen atoms in total. The SMILES string of the molecule is CCN(CC1CCCO1)S(=O)(=O)c1cccnc1NC. The summed E-state index contributed by atoms with van der Waals surface area (Å²) in [5, 5.41) is 2.83. The topological polar surface area (TPSA) is 71.5 Å². The molecule has 112 valence electrons. The Hall–Kier alpha value is -1.18. The maximum Gasteiger partial charge on any atom is 0.246 e. The number of sulfonamides is 1. The van der Waals surface area contributed by atoms with Gasteiger partial charge in [-0.15, -0.1) is 0 Å². The van der Waals surface area contributed by atoms with Gasteiger partial charge >= 0.3 is 0 Å². The van der Waals surface area contributed by atoms with Crippen LogP contribution in [-0.2, 0) is 14.8 Å². The number of nitrogens with zero attached hydrogens (tertiary/aromatic N) is 2. The Morgan fingerprint density at radius 3 is 2.95 bits per heavy atom. The summed E-state index contributed by atoms with van der Waals surface area (Å²) in [5.74, 6) is 0.373. The Morgan fingerprint density at radius 1 is 1.55 bits per heavy atom. The highest BCUT2D eigenvalue weighted by Gasteiger charge is 2.29. The predicted octanol–water partition coefficient (Wildman–Crippen LogP) is 1.31. The van der Waals surface area contributed by atoms with Gasteiger partial charge in [0.05, 0.1) is 6.10 Å². The van der Waals surface area contributed by atoms with Crippen LogP contribution in [-0.4, -0.2) is 50.6 Å². The predicted molar refractivity (Wildman–Crippen MR) is 77.2 cm³/mol. The molecule has 1 aromatic rings. The van der Waals surface area contributed by atoms with Gasteiger partial charge < -0.3 is 10.1 Å². The molecular weight excluding hydrogens is 278 g/mol. The minimum atomic E-state index is -3.55. The van der Waals surface area contributed by atoms with Crippen LogP contribution in [0.1, 0.15) is 19.8 Å². The molecule has 1 aliphatic rings. The highest BCUT2D eigenvalue weighted by atomic mass is 32.2. The van der Waals surface area contributed by atoms with Gasteiger partial charge in [0.1, 0.15) is 10.7 Å². The Bertz CT molecular complexity index is 542. The van der Waals surface area contributed by atoms with Crippen molar-refractivity contribution in [1.29, 1.82) is 0 Å². The number of ether oxygens (including phenoxy) is 1. The molecule has 2 heterocycles. The molecule has 0 spiro atoms. The van der Waals surface area contributed by atoms with Crippen molar-refractivity contribution in [3.63, 3.8) is 0 Å². The molecule has 1 aliphatic heterocycles. The first-order chi connectivity index (χ1) is 9.59. The molecule has 0 amide bonds. The van der Waals surface area contributed by atoms with Crippen molar-refractivity contribution >= 4 is 15.8 Å². The lowest BCUT2D eigenvalue weighted by Gasteiger charge is -2.24. The van der Waals surface area contributed by atoms with Gasteiger partial charge in [-0.1, -0.05) is 6.92 Å². The monoisotopic (exact) mass is 299 g/mol. The third-order valence-corrected chi connectivity index (χ3v) is 5.38. The van der Waals surface area contributed by atoms with Crippen molar-refractivity contribution in [1.82, 2.24) is 9.29 Å². The van der Waals surface area contributed by atoms with Crippen LogP contribution in [0.15, 0.2) is 23.2 Å². The number of hydrogen-bond acceptors (Lipinski definition) is 5. The van der Waals surface area contributed by atoms with Crippen LogP contribution < -0.4 is 5.32 Å². The van der Waals surface area contributed by atoms with Crippen molar-refractivity contribution in [2.45, 2.75) is 30.8 Å². The average Bonchev–Trinajstić information content (AvgIpc) is 2.97. The number of likely N-dealkylation sites (N-methyl/N-ethyl adjacent to an activating group) is 1. The highest BCUT2D eigenvalue weighted by Crippen LogP contribution is 2.23. The fraction of sp³-hybridized carbons (Fsp3) is 0.615. The Balaban J connectivity index is 2.26. The van der Waals surface area contributed by atoms with E-state index in [0.717, 1.165) is 19.4 Å². The maximum atomic E-state index is 12.7. The molecule has 1 unspecified atom stereocenters. The molecule has 20 heavy (non-hydrogen) atoms. The standard InChI is InChI=1S/C13H21N3O3S/c1-3-16(10-11-6-5-9-19-11)20(17,18)12-7-4-8-15-13(12)14-2/h4,7-8,11H,3,5-6,9-10H2,1-2H3,(H,14,15). The van der Waals surface area contributed by atoms with E-state index in [1.165, 1.54) is 4.31 Å². The van der Waals surface area contributed by atoms with Gasteiger partial charge in [0.25, 0.3) is 0 Å². The van der Waals surface area contributed by atoms with Crippen LogP contribution in [0, 0.1) is 0 Å². The van der Waals surface area contributed by atoms with Crippen LogP contribution >= 0.6 is 0 Å². The molecule has 0 radical (unpaired) electrons. The number of pyridine rings is 1. The fourth-order valence-corrected chi connectivity index (χ4v) is 3.97. The molecular formula is C13H21N3O3S. The molecule has 1 fully saturated rings. The largest absolute Gasteiger partial charge is 0.377 e. The maximum absolute atomic E-state index is 12.7. The van der Waals surface area contributed by atoms with Gasteiger partial charge in [-0.3, -0.25) is 0 Å². The van der Waals surface area contributed by atoms with E-state index in [-0.39, 0.29) is 11.0 Å². The molecule has 0 bridgehead atoms. The molecule has 0 aliphatic carbocycles. The Labute approximate surface area is 120 Å². The minimum absolute atomic E-state index is 0.000526.